The van der Waals surface area contributed by atoms with E-state index in [1.165, 1.54) is 23.1 Å². The number of carbonyl (C=O) groups excluding carboxylic acids is 1. The number of aromatic nitrogens is 3. The molecule has 0 spiro atoms. The summed E-state index contributed by atoms with van der Waals surface area (Å²) in [5.41, 5.74) is 0.645. The normalized spacial score (nSPS) is 11.2. The van der Waals surface area contributed by atoms with Crippen molar-refractivity contribution in [2.24, 2.45) is 0 Å². The summed E-state index contributed by atoms with van der Waals surface area (Å²) in [5.74, 6) is -0.396. The topological polar surface area (TPSA) is 76.9 Å². The van der Waals surface area contributed by atoms with Gasteiger partial charge in [-0.3, -0.25) is 14.6 Å². The molecule has 2 aromatic rings. The molecule has 0 unspecified atom stereocenters. The fraction of sp³-hybridized carbons (Fsp3) is 0.143. The van der Waals surface area contributed by atoms with Crippen molar-refractivity contribution in [1.29, 1.82) is 0 Å². The highest BCUT2D eigenvalue weighted by Gasteiger charge is 2.15. The van der Waals surface area contributed by atoms with E-state index in [1.807, 2.05) is 0 Å². The molecule has 0 aliphatic rings. The van der Waals surface area contributed by atoms with E-state index in [0.29, 0.717) is 5.57 Å². The molecule has 0 amide bonds. The van der Waals surface area contributed by atoms with Crippen LogP contribution in [-0.2, 0) is 0 Å². The SMILES string of the molecule is CN/C=C(\C)C(=O)c1nn(-c2ccncc2)ccc1=O. The van der Waals surface area contributed by atoms with Crippen molar-refractivity contribution in [2.75, 3.05) is 7.05 Å². The number of allylic oxidation sites excluding steroid dienone is 1. The minimum absolute atomic E-state index is 0.103. The summed E-state index contributed by atoms with van der Waals surface area (Å²) in [6.07, 6.45) is 6.28. The number of hydrogen-bond acceptors (Lipinski definition) is 5. The van der Waals surface area contributed by atoms with Crippen molar-refractivity contribution in [1.82, 2.24) is 20.1 Å². The lowest BCUT2D eigenvalue weighted by atomic mass is 10.1. The molecule has 0 bridgehead atoms. The first-order chi connectivity index (χ1) is 9.63. The van der Waals surface area contributed by atoms with Crippen molar-refractivity contribution in [2.45, 2.75) is 6.92 Å². The molecule has 6 heteroatoms. The molecule has 2 rings (SSSR count). The number of rotatable bonds is 4. The second-order valence-corrected chi connectivity index (χ2v) is 4.12. The Morgan fingerprint density at radius 1 is 1.30 bits per heavy atom. The molecule has 102 valence electrons. The third-order valence-electron chi connectivity index (χ3n) is 2.67. The maximum atomic E-state index is 12.1. The first kappa shape index (κ1) is 13.7. The van der Waals surface area contributed by atoms with Gasteiger partial charge in [0.05, 0.1) is 5.69 Å². The molecule has 0 radical (unpaired) electrons. The van der Waals surface area contributed by atoms with Crippen LogP contribution in [0.1, 0.15) is 17.4 Å². The van der Waals surface area contributed by atoms with E-state index in [0.717, 1.165) is 5.69 Å². The lowest BCUT2D eigenvalue weighted by Crippen LogP contribution is -2.21. The standard InChI is InChI=1S/C14H14N4O2/c1-10(9-15-2)14(20)13-12(19)5-8-18(17-13)11-3-6-16-7-4-11/h3-9,15H,1-2H3/b10-9+. The van der Waals surface area contributed by atoms with E-state index >= 15 is 0 Å². The van der Waals surface area contributed by atoms with Crippen LogP contribution in [0.25, 0.3) is 5.69 Å². The average Bonchev–Trinajstić information content (AvgIpc) is 2.48. The molecule has 2 heterocycles. The molecule has 0 aromatic carbocycles. The van der Waals surface area contributed by atoms with Crippen molar-refractivity contribution < 1.29 is 4.79 Å². The molecule has 0 saturated heterocycles. The molecule has 0 aliphatic heterocycles. The zero-order chi connectivity index (χ0) is 14.5. The maximum absolute atomic E-state index is 12.1. The summed E-state index contributed by atoms with van der Waals surface area (Å²) >= 11 is 0. The third kappa shape index (κ3) is 2.80. The first-order valence-corrected chi connectivity index (χ1v) is 6.02. The van der Waals surface area contributed by atoms with E-state index < -0.39 is 11.2 Å². The van der Waals surface area contributed by atoms with Crippen LogP contribution in [0.3, 0.4) is 0 Å². The Morgan fingerprint density at radius 3 is 2.65 bits per heavy atom. The molecule has 0 fully saturated rings. The van der Waals surface area contributed by atoms with Crippen LogP contribution in [0.4, 0.5) is 0 Å². The largest absolute Gasteiger partial charge is 0.394 e. The van der Waals surface area contributed by atoms with Gasteiger partial charge in [-0.1, -0.05) is 0 Å². The van der Waals surface area contributed by atoms with Crippen molar-refractivity contribution >= 4 is 5.78 Å². The Morgan fingerprint density at radius 2 is 2.00 bits per heavy atom. The van der Waals surface area contributed by atoms with Crippen molar-refractivity contribution in [3.05, 3.63) is 64.5 Å². The third-order valence-corrected chi connectivity index (χ3v) is 2.67. The van der Waals surface area contributed by atoms with Gasteiger partial charge in [0.15, 0.2) is 5.69 Å². The van der Waals surface area contributed by atoms with Crippen LogP contribution in [0.2, 0.25) is 0 Å². The lowest BCUT2D eigenvalue weighted by Gasteiger charge is -2.06. The Labute approximate surface area is 115 Å². The Kier molecular flexibility index (Phi) is 4.05. The molecule has 0 atom stereocenters. The molecule has 0 saturated carbocycles. The summed E-state index contributed by atoms with van der Waals surface area (Å²) in [5, 5.41) is 6.86. The van der Waals surface area contributed by atoms with Crippen LogP contribution in [-0.4, -0.2) is 27.6 Å². The minimum atomic E-state index is -0.399. The number of hydrogen-bond donors (Lipinski definition) is 1. The van der Waals surface area contributed by atoms with Gasteiger partial charge < -0.3 is 5.32 Å². The monoisotopic (exact) mass is 270 g/mol. The van der Waals surface area contributed by atoms with E-state index in [9.17, 15) is 9.59 Å². The average molecular weight is 270 g/mol. The fourth-order valence-corrected chi connectivity index (χ4v) is 1.67. The summed E-state index contributed by atoms with van der Waals surface area (Å²) in [7, 11) is 1.68. The summed E-state index contributed by atoms with van der Waals surface area (Å²) in [6.45, 7) is 1.63. The molecule has 1 N–H and O–H groups in total. The molecular weight excluding hydrogens is 256 g/mol. The highest BCUT2D eigenvalue weighted by atomic mass is 16.1. The molecule has 6 nitrogen and oxygen atoms in total. The van der Waals surface area contributed by atoms with E-state index in [1.54, 1.807) is 38.5 Å². The fourth-order valence-electron chi connectivity index (χ4n) is 1.67. The van der Waals surface area contributed by atoms with Crippen molar-refractivity contribution in [3.63, 3.8) is 0 Å². The summed E-state index contributed by atoms with van der Waals surface area (Å²) in [4.78, 5) is 27.9. The zero-order valence-corrected chi connectivity index (χ0v) is 11.2. The van der Waals surface area contributed by atoms with Gasteiger partial charge in [0, 0.05) is 43.5 Å². The van der Waals surface area contributed by atoms with Gasteiger partial charge in [-0.15, -0.1) is 0 Å². The minimum Gasteiger partial charge on any atom is -0.394 e. The van der Waals surface area contributed by atoms with Crippen LogP contribution in [0, 0.1) is 0 Å². The summed E-state index contributed by atoms with van der Waals surface area (Å²) < 4.78 is 1.48. The zero-order valence-electron chi connectivity index (χ0n) is 11.2. The number of nitrogens with one attached hydrogen (secondary N) is 1. The van der Waals surface area contributed by atoms with Crippen LogP contribution < -0.4 is 10.7 Å². The summed E-state index contributed by atoms with van der Waals surface area (Å²) in [6, 6.07) is 4.80. The van der Waals surface area contributed by atoms with E-state index in [-0.39, 0.29) is 5.69 Å². The molecule has 20 heavy (non-hydrogen) atoms. The van der Waals surface area contributed by atoms with Crippen LogP contribution >= 0.6 is 0 Å². The van der Waals surface area contributed by atoms with Gasteiger partial charge >= 0.3 is 0 Å². The molecule has 0 aliphatic carbocycles. The Balaban J connectivity index is 2.48. The Hall–Kier alpha value is -2.76. The lowest BCUT2D eigenvalue weighted by molar-refractivity contribution is 0.102. The van der Waals surface area contributed by atoms with Crippen molar-refractivity contribution in [3.8, 4) is 5.69 Å². The van der Waals surface area contributed by atoms with Gasteiger partial charge in [-0.25, -0.2) is 4.68 Å². The molecular formula is C14H14N4O2. The second-order valence-electron chi connectivity index (χ2n) is 4.12. The predicted molar refractivity (Wildman–Crippen MR) is 74.8 cm³/mol. The quantitative estimate of drug-likeness (QED) is 0.660. The predicted octanol–water partition coefficient (Wildman–Crippen LogP) is 0.933. The number of pyridine rings is 1. The van der Waals surface area contributed by atoms with E-state index in [2.05, 4.69) is 15.4 Å². The van der Waals surface area contributed by atoms with Gasteiger partial charge in [-0.05, 0) is 19.1 Å². The smallest absolute Gasteiger partial charge is 0.214 e. The molecule has 2 aromatic heterocycles. The van der Waals surface area contributed by atoms with E-state index in [4.69, 9.17) is 0 Å². The van der Waals surface area contributed by atoms with Gasteiger partial charge in [0.2, 0.25) is 11.2 Å². The second kappa shape index (κ2) is 5.92. The number of carbonyl (C=O) groups is 1. The van der Waals surface area contributed by atoms with Crippen LogP contribution in [0.5, 0.6) is 0 Å². The van der Waals surface area contributed by atoms with Gasteiger partial charge in [0.1, 0.15) is 0 Å². The highest BCUT2D eigenvalue weighted by Crippen LogP contribution is 2.05. The highest BCUT2D eigenvalue weighted by molar-refractivity contribution is 6.06. The van der Waals surface area contributed by atoms with Gasteiger partial charge in [0.25, 0.3) is 0 Å². The number of nitrogens with zero attached hydrogens (tertiary/aromatic N) is 3. The number of Topliss-reactive ketones (excluding diaryl/α,β-unsaturated/α-hetero) is 1. The maximum Gasteiger partial charge on any atom is 0.214 e. The van der Waals surface area contributed by atoms with Crippen LogP contribution in [0.15, 0.2) is 53.4 Å². The van der Waals surface area contributed by atoms with Gasteiger partial charge in [-0.2, -0.15) is 5.10 Å². The number of ketones is 1. The Bertz CT molecular complexity index is 705. The first-order valence-electron chi connectivity index (χ1n) is 6.02.